The highest BCUT2D eigenvalue weighted by molar-refractivity contribution is 7.88. The van der Waals surface area contributed by atoms with Crippen molar-refractivity contribution < 1.29 is 22.4 Å². The molecule has 7 nitrogen and oxygen atoms in total. The molecule has 2 aliphatic rings. The van der Waals surface area contributed by atoms with E-state index >= 15 is 0 Å². The van der Waals surface area contributed by atoms with Gasteiger partial charge in [0, 0.05) is 13.1 Å². The van der Waals surface area contributed by atoms with Gasteiger partial charge in [-0.3, -0.25) is 9.69 Å². The summed E-state index contributed by atoms with van der Waals surface area (Å²) in [4.78, 5) is 25.7. The van der Waals surface area contributed by atoms with Gasteiger partial charge in [-0.1, -0.05) is 25.0 Å². The molecule has 1 saturated carbocycles. The van der Waals surface area contributed by atoms with Gasteiger partial charge in [0.1, 0.15) is 11.4 Å². The van der Waals surface area contributed by atoms with Gasteiger partial charge in [0.15, 0.2) is 0 Å². The van der Waals surface area contributed by atoms with E-state index in [2.05, 4.69) is 10.0 Å². The fraction of sp³-hybridized carbons (Fsp3) is 0.529. The number of hydrogen-bond acceptors (Lipinski definition) is 4. The van der Waals surface area contributed by atoms with Crippen molar-refractivity contribution in [3.63, 3.8) is 0 Å². The van der Waals surface area contributed by atoms with Crippen LogP contribution < -0.4 is 10.0 Å². The average Bonchev–Trinajstić information content (AvgIpc) is 3.13. The summed E-state index contributed by atoms with van der Waals surface area (Å²) in [5.74, 6) is -0.874. The number of nitrogens with zero attached hydrogens (tertiary/aromatic N) is 1. The Morgan fingerprint density at radius 2 is 1.81 bits per heavy atom. The molecule has 1 aliphatic heterocycles. The van der Waals surface area contributed by atoms with E-state index < -0.39 is 27.4 Å². The Kier molecular flexibility index (Phi) is 5.29. The number of sulfonamides is 1. The van der Waals surface area contributed by atoms with Crippen molar-refractivity contribution in [1.82, 2.24) is 14.9 Å². The molecule has 0 unspecified atom stereocenters. The van der Waals surface area contributed by atoms with Crippen molar-refractivity contribution in [3.05, 3.63) is 35.6 Å². The van der Waals surface area contributed by atoms with E-state index in [1.165, 1.54) is 29.2 Å². The van der Waals surface area contributed by atoms with Crippen LogP contribution in [-0.2, 0) is 20.6 Å². The highest BCUT2D eigenvalue weighted by Gasteiger charge is 2.51. The van der Waals surface area contributed by atoms with E-state index in [0.717, 1.165) is 12.8 Å². The van der Waals surface area contributed by atoms with Crippen molar-refractivity contribution >= 4 is 22.0 Å². The minimum absolute atomic E-state index is 0.119. The molecule has 1 aliphatic carbocycles. The maximum absolute atomic E-state index is 12.9. The number of rotatable bonds is 7. The van der Waals surface area contributed by atoms with E-state index in [-0.39, 0.29) is 24.7 Å². The summed E-state index contributed by atoms with van der Waals surface area (Å²) in [7, 11) is -3.57. The average molecular weight is 383 g/mol. The molecule has 2 fully saturated rings. The third-order valence-corrected chi connectivity index (χ3v) is 6.21. The molecule has 0 atom stereocenters. The van der Waals surface area contributed by atoms with Crippen LogP contribution in [0.4, 0.5) is 9.18 Å². The van der Waals surface area contributed by atoms with Gasteiger partial charge in [-0.2, -0.15) is 0 Å². The molecule has 142 valence electrons. The minimum Gasteiger partial charge on any atom is -0.323 e. The molecular formula is C17H22FN3O4S. The molecule has 1 aromatic carbocycles. The van der Waals surface area contributed by atoms with E-state index in [1.807, 2.05) is 0 Å². The second-order valence-corrected chi connectivity index (χ2v) is 8.62. The molecule has 1 saturated heterocycles. The largest absolute Gasteiger partial charge is 0.325 e. The lowest BCUT2D eigenvalue weighted by molar-refractivity contribution is -0.131. The predicted octanol–water partition coefficient (Wildman–Crippen LogP) is 1.50. The van der Waals surface area contributed by atoms with Gasteiger partial charge in [0.2, 0.25) is 10.0 Å². The third-order valence-electron chi connectivity index (χ3n) is 4.85. The van der Waals surface area contributed by atoms with Gasteiger partial charge in [-0.25, -0.2) is 22.3 Å². The zero-order valence-electron chi connectivity index (χ0n) is 14.3. The van der Waals surface area contributed by atoms with Crippen molar-refractivity contribution in [3.8, 4) is 0 Å². The number of hydrogen-bond donors (Lipinski definition) is 2. The first kappa shape index (κ1) is 18.8. The Balaban J connectivity index is 1.47. The Morgan fingerprint density at radius 1 is 1.15 bits per heavy atom. The van der Waals surface area contributed by atoms with Crippen LogP contribution in [0.5, 0.6) is 0 Å². The van der Waals surface area contributed by atoms with Gasteiger partial charge < -0.3 is 5.32 Å². The molecule has 1 spiro atoms. The quantitative estimate of drug-likeness (QED) is 0.551. The van der Waals surface area contributed by atoms with Crippen LogP contribution in [0.2, 0.25) is 0 Å². The van der Waals surface area contributed by atoms with E-state index in [0.29, 0.717) is 24.8 Å². The van der Waals surface area contributed by atoms with Gasteiger partial charge >= 0.3 is 6.03 Å². The highest BCUT2D eigenvalue weighted by Crippen LogP contribution is 2.34. The third kappa shape index (κ3) is 4.04. The summed E-state index contributed by atoms with van der Waals surface area (Å²) in [5.41, 5.74) is -0.254. The second kappa shape index (κ2) is 7.32. The second-order valence-electron chi connectivity index (χ2n) is 6.81. The van der Waals surface area contributed by atoms with E-state index in [4.69, 9.17) is 0 Å². The van der Waals surface area contributed by atoms with Crippen molar-refractivity contribution in [1.29, 1.82) is 0 Å². The summed E-state index contributed by atoms with van der Waals surface area (Å²) in [5, 5.41) is 2.79. The smallest absolute Gasteiger partial charge is 0.323 e. The first-order valence-corrected chi connectivity index (χ1v) is 10.3. The first-order chi connectivity index (χ1) is 12.3. The van der Waals surface area contributed by atoms with Crippen molar-refractivity contribution in [2.24, 2.45) is 0 Å². The van der Waals surface area contributed by atoms with Crippen molar-refractivity contribution in [2.45, 2.75) is 43.4 Å². The zero-order valence-corrected chi connectivity index (χ0v) is 15.1. The molecule has 26 heavy (non-hydrogen) atoms. The summed E-state index contributed by atoms with van der Waals surface area (Å²) >= 11 is 0. The Morgan fingerprint density at radius 3 is 2.46 bits per heavy atom. The van der Waals surface area contributed by atoms with Gasteiger partial charge in [0.05, 0.1) is 5.75 Å². The number of benzene rings is 1. The Hall–Kier alpha value is -2.00. The van der Waals surface area contributed by atoms with Crippen LogP contribution in [0.25, 0.3) is 0 Å². The predicted molar refractivity (Wildman–Crippen MR) is 93.1 cm³/mol. The lowest BCUT2D eigenvalue weighted by Crippen LogP contribution is -2.44. The van der Waals surface area contributed by atoms with Crippen LogP contribution in [0, 0.1) is 5.82 Å². The maximum Gasteiger partial charge on any atom is 0.325 e. The topological polar surface area (TPSA) is 95.6 Å². The summed E-state index contributed by atoms with van der Waals surface area (Å²) in [6.45, 7) is 0.291. The molecular weight excluding hydrogens is 361 g/mol. The maximum atomic E-state index is 12.9. The van der Waals surface area contributed by atoms with E-state index in [9.17, 15) is 22.4 Å². The number of carbonyl (C=O) groups is 2. The molecule has 1 aromatic rings. The zero-order chi connectivity index (χ0) is 18.8. The molecule has 3 rings (SSSR count). The van der Waals surface area contributed by atoms with Gasteiger partial charge in [0.25, 0.3) is 5.91 Å². The fourth-order valence-electron chi connectivity index (χ4n) is 3.51. The Labute approximate surface area is 152 Å². The van der Waals surface area contributed by atoms with Gasteiger partial charge in [-0.15, -0.1) is 0 Å². The van der Waals surface area contributed by atoms with Crippen LogP contribution in [-0.4, -0.2) is 43.9 Å². The van der Waals surface area contributed by atoms with Crippen LogP contribution in [0.3, 0.4) is 0 Å². The van der Waals surface area contributed by atoms with Gasteiger partial charge in [-0.05, 0) is 37.0 Å². The standard InChI is InChI=1S/C17H22FN3O4S/c18-14-6-4-13(5-7-14)12-26(24,25)19-10-3-11-21-15(22)17(20-16(21)23)8-1-2-9-17/h4-7,19H,1-3,8-12H2,(H,20,23). The molecule has 0 aromatic heterocycles. The number of urea groups is 1. The lowest BCUT2D eigenvalue weighted by atomic mass is 9.98. The highest BCUT2D eigenvalue weighted by atomic mass is 32.2. The minimum atomic E-state index is -3.57. The summed E-state index contributed by atoms with van der Waals surface area (Å²) in [6.07, 6.45) is 3.50. The Bertz CT molecular complexity index is 789. The fourth-order valence-corrected chi connectivity index (χ4v) is 4.70. The molecule has 9 heteroatoms. The number of imide groups is 1. The SMILES string of the molecule is O=C1NC2(CCCC2)C(=O)N1CCCNS(=O)(=O)Cc1ccc(F)cc1. The first-order valence-electron chi connectivity index (χ1n) is 8.67. The lowest BCUT2D eigenvalue weighted by Gasteiger charge is -2.20. The van der Waals surface area contributed by atoms with Crippen molar-refractivity contribution in [2.75, 3.05) is 13.1 Å². The van der Waals surface area contributed by atoms with Crippen LogP contribution in [0.1, 0.15) is 37.7 Å². The van der Waals surface area contributed by atoms with Crippen LogP contribution >= 0.6 is 0 Å². The molecule has 2 N–H and O–H groups in total. The molecule has 0 radical (unpaired) electrons. The number of nitrogens with one attached hydrogen (secondary N) is 2. The number of carbonyl (C=O) groups excluding carboxylic acids is 2. The van der Waals surface area contributed by atoms with Crippen LogP contribution in [0.15, 0.2) is 24.3 Å². The molecule has 0 bridgehead atoms. The molecule has 1 heterocycles. The summed E-state index contributed by atoms with van der Waals surface area (Å²) < 4.78 is 39.4. The normalized spacial score (nSPS) is 19.3. The number of halogens is 1. The number of amides is 3. The molecule has 3 amide bonds. The monoisotopic (exact) mass is 383 g/mol. The summed E-state index contributed by atoms with van der Waals surface area (Å²) in [6, 6.07) is 4.86. The van der Waals surface area contributed by atoms with E-state index in [1.54, 1.807) is 0 Å².